The van der Waals surface area contributed by atoms with Crippen molar-refractivity contribution < 1.29 is 4.79 Å². The van der Waals surface area contributed by atoms with Gasteiger partial charge in [-0.3, -0.25) is 4.79 Å². The Morgan fingerprint density at radius 1 is 1.25 bits per heavy atom. The minimum atomic E-state index is -0.142. The van der Waals surface area contributed by atoms with Crippen LogP contribution in [-0.2, 0) is 17.8 Å². The number of carbonyl (C=O) groups excluding carboxylic acids is 1. The first kappa shape index (κ1) is 21.2. The van der Waals surface area contributed by atoms with Gasteiger partial charge < -0.3 is 9.88 Å². The summed E-state index contributed by atoms with van der Waals surface area (Å²) >= 11 is 15.0. The quantitative estimate of drug-likeness (QED) is 0.449. The number of benzene rings is 1. The number of hydrogen-bond donors (Lipinski definition) is 1. The molecule has 0 unspecified atom stereocenters. The fraction of sp³-hybridized carbons (Fsp3) is 0.316. The zero-order chi connectivity index (χ0) is 20.3. The Bertz CT molecular complexity index is 1000. The summed E-state index contributed by atoms with van der Waals surface area (Å²) in [5.41, 5.74) is 3.05. The van der Waals surface area contributed by atoms with Gasteiger partial charge in [0.1, 0.15) is 0 Å². The Labute approximate surface area is 182 Å². The van der Waals surface area contributed by atoms with Crippen LogP contribution in [0.1, 0.15) is 24.3 Å². The first-order valence-corrected chi connectivity index (χ1v) is 11.4. The predicted octanol–water partition coefficient (Wildman–Crippen LogP) is 5.93. The van der Waals surface area contributed by atoms with Crippen LogP contribution in [0.25, 0.3) is 11.4 Å². The number of amides is 1. The maximum Gasteiger partial charge on any atom is 0.234 e. The fourth-order valence-electron chi connectivity index (χ4n) is 2.89. The van der Waals surface area contributed by atoms with Crippen LogP contribution in [-0.4, -0.2) is 26.4 Å². The molecule has 0 saturated heterocycles. The number of halogens is 2. The van der Waals surface area contributed by atoms with E-state index in [0.29, 0.717) is 15.7 Å². The van der Waals surface area contributed by atoms with Gasteiger partial charge in [-0.2, -0.15) is 0 Å². The van der Waals surface area contributed by atoms with Crippen molar-refractivity contribution in [3.63, 3.8) is 0 Å². The van der Waals surface area contributed by atoms with Crippen LogP contribution in [0, 0.1) is 6.92 Å². The molecule has 0 spiro atoms. The third kappa shape index (κ3) is 4.54. The molecule has 0 bridgehead atoms. The number of nitrogens with zero attached hydrogens (tertiary/aromatic N) is 3. The van der Waals surface area contributed by atoms with Crippen molar-refractivity contribution in [2.75, 3.05) is 11.1 Å². The second-order valence-corrected chi connectivity index (χ2v) is 8.89. The van der Waals surface area contributed by atoms with E-state index in [1.54, 1.807) is 29.5 Å². The second-order valence-electron chi connectivity index (χ2n) is 6.05. The lowest BCUT2D eigenvalue weighted by molar-refractivity contribution is -0.113. The first-order valence-electron chi connectivity index (χ1n) is 8.82. The highest BCUT2D eigenvalue weighted by atomic mass is 35.5. The van der Waals surface area contributed by atoms with Crippen molar-refractivity contribution in [1.29, 1.82) is 0 Å². The van der Waals surface area contributed by atoms with Crippen molar-refractivity contribution in [3.8, 4) is 11.4 Å². The zero-order valence-electron chi connectivity index (χ0n) is 15.8. The van der Waals surface area contributed by atoms with Crippen molar-refractivity contribution in [2.24, 2.45) is 0 Å². The number of aromatic nitrogens is 3. The van der Waals surface area contributed by atoms with E-state index < -0.39 is 0 Å². The molecule has 1 N–H and O–H groups in total. The number of carbonyl (C=O) groups is 1. The number of thiophene rings is 1. The SMILES string of the molecule is CCc1c(-c2nnc(SCC(=O)Nc3ccc(Cl)c(Cl)c3)n2CC)csc1C. The number of thioether (sulfide) groups is 1. The van der Waals surface area contributed by atoms with E-state index in [4.69, 9.17) is 23.2 Å². The summed E-state index contributed by atoms with van der Waals surface area (Å²) in [4.78, 5) is 13.6. The largest absolute Gasteiger partial charge is 0.325 e. The van der Waals surface area contributed by atoms with Gasteiger partial charge in [0.25, 0.3) is 0 Å². The molecule has 0 aliphatic carbocycles. The molecule has 0 aliphatic heterocycles. The molecule has 0 aliphatic rings. The highest BCUT2D eigenvalue weighted by Crippen LogP contribution is 2.32. The van der Waals surface area contributed by atoms with E-state index >= 15 is 0 Å². The zero-order valence-corrected chi connectivity index (χ0v) is 18.9. The average molecular weight is 455 g/mol. The summed E-state index contributed by atoms with van der Waals surface area (Å²) in [5, 5.41) is 15.2. The fourth-order valence-corrected chi connectivity index (χ4v) is 4.93. The molecule has 0 atom stereocenters. The van der Waals surface area contributed by atoms with Gasteiger partial charge in [-0.25, -0.2) is 0 Å². The summed E-state index contributed by atoms with van der Waals surface area (Å²) < 4.78 is 2.05. The molecule has 2 aromatic heterocycles. The molecule has 5 nitrogen and oxygen atoms in total. The summed E-state index contributed by atoms with van der Waals surface area (Å²) in [5.74, 6) is 0.939. The van der Waals surface area contributed by atoms with Gasteiger partial charge in [0.2, 0.25) is 5.91 Å². The van der Waals surface area contributed by atoms with E-state index in [1.165, 1.54) is 22.2 Å². The summed E-state index contributed by atoms with van der Waals surface area (Å²) in [6.45, 7) is 7.06. The monoisotopic (exact) mass is 454 g/mol. The van der Waals surface area contributed by atoms with E-state index in [0.717, 1.165) is 29.5 Å². The summed E-state index contributed by atoms with van der Waals surface area (Å²) in [6.07, 6.45) is 0.954. The van der Waals surface area contributed by atoms with Crippen molar-refractivity contribution >= 4 is 57.9 Å². The smallest absolute Gasteiger partial charge is 0.234 e. The van der Waals surface area contributed by atoms with Crippen LogP contribution in [0.5, 0.6) is 0 Å². The van der Waals surface area contributed by atoms with Crippen LogP contribution in [0.15, 0.2) is 28.7 Å². The summed E-state index contributed by atoms with van der Waals surface area (Å²) in [7, 11) is 0. The predicted molar refractivity (Wildman–Crippen MR) is 119 cm³/mol. The van der Waals surface area contributed by atoms with Gasteiger partial charge in [-0.1, -0.05) is 41.9 Å². The topological polar surface area (TPSA) is 59.8 Å². The van der Waals surface area contributed by atoms with Crippen molar-refractivity contribution in [1.82, 2.24) is 14.8 Å². The lowest BCUT2D eigenvalue weighted by Gasteiger charge is -2.09. The minimum Gasteiger partial charge on any atom is -0.325 e. The Balaban J connectivity index is 1.71. The van der Waals surface area contributed by atoms with Gasteiger partial charge in [-0.15, -0.1) is 21.5 Å². The van der Waals surface area contributed by atoms with E-state index in [2.05, 4.69) is 46.2 Å². The summed E-state index contributed by atoms with van der Waals surface area (Å²) in [6, 6.07) is 5.00. The van der Waals surface area contributed by atoms with Gasteiger partial charge in [-0.05, 0) is 44.0 Å². The molecule has 0 radical (unpaired) electrons. The number of rotatable bonds is 7. The minimum absolute atomic E-state index is 0.142. The number of hydrogen-bond acceptors (Lipinski definition) is 5. The Morgan fingerprint density at radius 2 is 2.04 bits per heavy atom. The second kappa shape index (κ2) is 9.31. The van der Waals surface area contributed by atoms with Gasteiger partial charge in [0, 0.05) is 28.1 Å². The van der Waals surface area contributed by atoms with Gasteiger partial charge in [0.15, 0.2) is 11.0 Å². The molecule has 0 saturated carbocycles. The molecule has 3 aromatic rings. The molecule has 1 amide bonds. The van der Waals surface area contributed by atoms with Crippen LogP contribution in [0.3, 0.4) is 0 Å². The third-order valence-corrected chi connectivity index (χ3v) is 6.93. The standard InChI is InChI=1S/C19H20Cl2N4OS2/c1-4-13-11(3)27-9-14(13)18-23-24-19(25(18)5-2)28-10-17(26)22-12-6-7-15(20)16(21)8-12/h6-9H,4-5,10H2,1-3H3,(H,22,26). The van der Waals surface area contributed by atoms with Crippen molar-refractivity contribution in [2.45, 2.75) is 38.9 Å². The number of nitrogens with one attached hydrogen (secondary N) is 1. The lowest BCUT2D eigenvalue weighted by Crippen LogP contribution is -2.14. The molecule has 1 aromatic carbocycles. The first-order chi connectivity index (χ1) is 13.4. The van der Waals surface area contributed by atoms with Crippen LogP contribution in [0.2, 0.25) is 10.0 Å². The number of aryl methyl sites for hydroxylation is 1. The molecule has 2 heterocycles. The molecular formula is C19H20Cl2N4OS2. The van der Waals surface area contributed by atoms with Crippen LogP contribution < -0.4 is 5.32 Å². The third-order valence-electron chi connectivity index (χ3n) is 4.27. The maximum absolute atomic E-state index is 12.3. The van der Waals surface area contributed by atoms with Crippen molar-refractivity contribution in [3.05, 3.63) is 44.1 Å². The molecular weight excluding hydrogens is 435 g/mol. The molecule has 148 valence electrons. The molecule has 28 heavy (non-hydrogen) atoms. The molecule has 9 heteroatoms. The Morgan fingerprint density at radius 3 is 2.71 bits per heavy atom. The maximum atomic E-state index is 12.3. The number of anilines is 1. The Kier molecular flexibility index (Phi) is 7.04. The molecule has 0 fully saturated rings. The van der Waals surface area contributed by atoms with E-state index in [1.807, 2.05) is 0 Å². The molecule has 3 rings (SSSR count). The lowest BCUT2D eigenvalue weighted by atomic mass is 10.1. The van der Waals surface area contributed by atoms with E-state index in [9.17, 15) is 4.79 Å². The highest BCUT2D eigenvalue weighted by Gasteiger charge is 2.18. The highest BCUT2D eigenvalue weighted by molar-refractivity contribution is 7.99. The normalized spacial score (nSPS) is 11.0. The van der Waals surface area contributed by atoms with Crippen LogP contribution >= 0.6 is 46.3 Å². The average Bonchev–Trinajstić information content (AvgIpc) is 3.25. The van der Waals surface area contributed by atoms with E-state index in [-0.39, 0.29) is 11.7 Å². The van der Waals surface area contributed by atoms with Gasteiger partial charge >= 0.3 is 0 Å². The Hall–Kier alpha value is -1.54. The van der Waals surface area contributed by atoms with Crippen LogP contribution in [0.4, 0.5) is 5.69 Å². The van der Waals surface area contributed by atoms with Gasteiger partial charge in [0.05, 0.1) is 15.8 Å².